The molecule has 0 atom stereocenters. The maximum atomic E-state index is 5.44. The summed E-state index contributed by atoms with van der Waals surface area (Å²) in [5.41, 5.74) is 5.12. The van der Waals surface area contributed by atoms with Gasteiger partial charge in [-0.05, 0) is 34.2 Å². The SMILES string of the molecule is Ic1ccccc1/C=N/Nc1nc(NCc2ccccc2)nc(N2CCOCC2)n1. The number of hydrogen-bond acceptors (Lipinski definition) is 8. The summed E-state index contributed by atoms with van der Waals surface area (Å²) in [5.74, 6) is 1.50. The number of morpholine rings is 1. The number of ether oxygens (including phenoxy) is 1. The van der Waals surface area contributed by atoms with Gasteiger partial charge in [0.25, 0.3) is 0 Å². The monoisotopic (exact) mass is 515 g/mol. The van der Waals surface area contributed by atoms with Crippen LogP contribution < -0.4 is 15.6 Å². The quantitative estimate of drug-likeness (QED) is 0.284. The highest BCUT2D eigenvalue weighted by atomic mass is 127. The van der Waals surface area contributed by atoms with Gasteiger partial charge in [-0.25, -0.2) is 5.43 Å². The highest BCUT2D eigenvalue weighted by Crippen LogP contribution is 2.16. The smallest absolute Gasteiger partial charge is 0.250 e. The Morgan fingerprint density at radius 2 is 1.70 bits per heavy atom. The molecule has 8 nitrogen and oxygen atoms in total. The molecular formula is C21H22IN7O. The normalized spacial score (nSPS) is 14.1. The molecule has 1 aliphatic rings. The van der Waals surface area contributed by atoms with Crippen LogP contribution in [0.1, 0.15) is 11.1 Å². The fourth-order valence-electron chi connectivity index (χ4n) is 2.91. The van der Waals surface area contributed by atoms with E-state index in [0.29, 0.717) is 37.6 Å². The Morgan fingerprint density at radius 1 is 0.967 bits per heavy atom. The minimum absolute atomic E-state index is 0.393. The second-order valence-corrected chi connectivity index (χ2v) is 7.77. The molecule has 2 heterocycles. The molecule has 0 saturated carbocycles. The zero-order chi connectivity index (χ0) is 20.6. The zero-order valence-electron chi connectivity index (χ0n) is 16.3. The number of benzene rings is 2. The number of aromatic nitrogens is 3. The molecular weight excluding hydrogens is 493 g/mol. The van der Waals surface area contributed by atoms with Crippen molar-refractivity contribution < 1.29 is 4.74 Å². The third-order valence-corrected chi connectivity index (χ3v) is 5.47. The predicted octanol–water partition coefficient (Wildman–Crippen LogP) is 3.37. The van der Waals surface area contributed by atoms with E-state index in [1.165, 1.54) is 0 Å². The fraction of sp³-hybridized carbons (Fsp3) is 0.238. The van der Waals surface area contributed by atoms with Gasteiger partial charge in [0.15, 0.2) is 0 Å². The van der Waals surface area contributed by atoms with Crippen LogP contribution in [0.15, 0.2) is 59.7 Å². The molecule has 3 aromatic rings. The number of rotatable bonds is 7. The molecule has 1 fully saturated rings. The standard InChI is InChI=1S/C21H22IN7O/c22-18-9-5-4-8-17(18)15-24-28-20-25-19(23-14-16-6-2-1-3-7-16)26-21(27-20)29-10-12-30-13-11-29/h1-9,15H,10-14H2,(H2,23,25,26,27,28)/b24-15+. The van der Waals surface area contributed by atoms with Crippen LogP contribution in [0.4, 0.5) is 17.8 Å². The van der Waals surface area contributed by atoms with Gasteiger partial charge in [-0.1, -0.05) is 48.5 Å². The molecule has 0 spiro atoms. The lowest BCUT2D eigenvalue weighted by atomic mass is 10.2. The topological polar surface area (TPSA) is 87.6 Å². The van der Waals surface area contributed by atoms with Crippen LogP contribution in [-0.4, -0.2) is 47.5 Å². The molecule has 1 saturated heterocycles. The molecule has 1 aliphatic heterocycles. The van der Waals surface area contributed by atoms with Gasteiger partial charge in [0, 0.05) is 28.8 Å². The van der Waals surface area contributed by atoms with Crippen molar-refractivity contribution in [3.63, 3.8) is 0 Å². The summed E-state index contributed by atoms with van der Waals surface area (Å²) in [7, 11) is 0. The van der Waals surface area contributed by atoms with Crippen molar-refractivity contribution in [2.24, 2.45) is 5.10 Å². The van der Waals surface area contributed by atoms with Gasteiger partial charge in [-0.15, -0.1) is 0 Å². The van der Waals surface area contributed by atoms with Crippen LogP contribution in [0.2, 0.25) is 0 Å². The first-order valence-corrected chi connectivity index (χ1v) is 10.8. The van der Waals surface area contributed by atoms with Gasteiger partial charge in [-0.3, -0.25) is 0 Å². The van der Waals surface area contributed by atoms with Crippen molar-refractivity contribution in [3.8, 4) is 0 Å². The van der Waals surface area contributed by atoms with E-state index < -0.39 is 0 Å². The Bertz CT molecular complexity index is 994. The molecule has 1 aromatic heterocycles. The molecule has 2 aromatic carbocycles. The van der Waals surface area contributed by atoms with E-state index in [1.807, 2.05) is 42.5 Å². The lowest BCUT2D eigenvalue weighted by Gasteiger charge is -2.27. The average Bonchev–Trinajstić information content (AvgIpc) is 2.80. The Kier molecular flexibility index (Phi) is 7.03. The second-order valence-electron chi connectivity index (χ2n) is 6.61. The number of nitrogens with zero attached hydrogens (tertiary/aromatic N) is 5. The lowest BCUT2D eigenvalue weighted by molar-refractivity contribution is 0.122. The predicted molar refractivity (Wildman–Crippen MR) is 127 cm³/mol. The van der Waals surface area contributed by atoms with Crippen LogP contribution in [0.25, 0.3) is 0 Å². The zero-order valence-corrected chi connectivity index (χ0v) is 18.5. The molecule has 30 heavy (non-hydrogen) atoms. The summed E-state index contributed by atoms with van der Waals surface area (Å²) in [6, 6.07) is 18.2. The van der Waals surface area contributed by atoms with Crippen molar-refractivity contribution in [1.82, 2.24) is 15.0 Å². The average molecular weight is 515 g/mol. The number of hydrazone groups is 1. The van der Waals surface area contributed by atoms with Gasteiger partial charge >= 0.3 is 0 Å². The van der Waals surface area contributed by atoms with E-state index in [2.05, 4.69) is 70.4 Å². The highest BCUT2D eigenvalue weighted by Gasteiger charge is 2.16. The summed E-state index contributed by atoms with van der Waals surface area (Å²) in [4.78, 5) is 15.7. The highest BCUT2D eigenvalue weighted by molar-refractivity contribution is 14.1. The van der Waals surface area contributed by atoms with Crippen molar-refractivity contribution in [2.45, 2.75) is 6.54 Å². The van der Waals surface area contributed by atoms with E-state index in [4.69, 9.17) is 4.74 Å². The van der Waals surface area contributed by atoms with Gasteiger partial charge in [-0.2, -0.15) is 20.1 Å². The number of anilines is 3. The summed E-state index contributed by atoms with van der Waals surface area (Å²) in [6.45, 7) is 3.43. The summed E-state index contributed by atoms with van der Waals surface area (Å²) < 4.78 is 6.56. The van der Waals surface area contributed by atoms with Crippen LogP contribution >= 0.6 is 22.6 Å². The van der Waals surface area contributed by atoms with Gasteiger partial charge < -0.3 is 15.0 Å². The first-order valence-electron chi connectivity index (χ1n) is 9.68. The largest absolute Gasteiger partial charge is 0.378 e. The van der Waals surface area contributed by atoms with Crippen LogP contribution in [0.3, 0.4) is 0 Å². The van der Waals surface area contributed by atoms with Gasteiger partial charge in [0.1, 0.15) is 0 Å². The molecule has 0 radical (unpaired) electrons. The van der Waals surface area contributed by atoms with Crippen molar-refractivity contribution in [1.29, 1.82) is 0 Å². The van der Waals surface area contributed by atoms with Crippen molar-refractivity contribution in [3.05, 3.63) is 69.3 Å². The molecule has 0 unspecified atom stereocenters. The van der Waals surface area contributed by atoms with Crippen LogP contribution in [0.5, 0.6) is 0 Å². The third-order valence-electron chi connectivity index (χ3n) is 4.48. The Hall–Kier alpha value is -2.79. The van der Waals surface area contributed by atoms with E-state index in [9.17, 15) is 0 Å². The van der Waals surface area contributed by atoms with E-state index in [-0.39, 0.29) is 0 Å². The Labute approximate surface area is 188 Å². The first kappa shape index (κ1) is 20.5. The summed E-state index contributed by atoms with van der Waals surface area (Å²) in [5, 5.41) is 7.60. The van der Waals surface area contributed by atoms with Crippen LogP contribution in [-0.2, 0) is 11.3 Å². The van der Waals surface area contributed by atoms with Crippen molar-refractivity contribution >= 4 is 46.7 Å². The van der Waals surface area contributed by atoms with Crippen LogP contribution in [0, 0.1) is 3.57 Å². The van der Waals surface area contributed by atoms with Gasteiger partial charge in [0.05, 0.1) is 19.4 Å². The number of hydrogen-bond donors (Lipinski definition) is 2. The molecule has 4 rings (SSSR count). The molecule has 9 heteroatoms. The fourth-order valence-corrected chi connectivity index (χ4v) is 3.44. The second kappa shape index (κ2) is 10.3. The maximum Gasteiger partial charge on any atom is 0.250 e. The Morgan fingerprint density at radius 3 is 2.50 bits per heavy atom. The molecule has 0 bridgehead atoms. The van der Waals surface area contributed by atoms with E-state index >= 15 is 0 Å². The molecule has 0 aliphatic carbocycles. The molecule has 0 amide bonds. The van der Waals surface area contributed by atoms with Crippen molar-refractivity contribution in [2.75, 3.05) is 41.9 Å². The van der Waals surface area contributed by atoms with E-state index in [0.717, 1.165) is 27.8 Å². The summed E-state index contributed by atoms with van der Waals surface area (Å²) >= 11 is 2.28. The molecule has 2 N–H and O–H groups in total. The third kappa shape index (κ3) is 5.63. The number of nitrogens with one attached hydrogen (secondary N) is 2. The lowest BCUT2D eigenvalue weighted by Crippen LogP contribution is -2.37. The first-order chi connectivity index (χ1) is 14.8. The maximum absolute atomic E-state index is 5.44. The summed E-state index contributed by atoms with van der Waals surface area (Å²) in [6.07, 6.45) is 1.76. The van der Waals surface area contributed by atoms with Gasteiger partial charge in [0.2, 0.25) is 17.8 Å². The Balaban J connectivity index is 1.52. The number of halogens is 1. The van der Waals surface area contributed by atoms with E-state index in [1.54, 1.807) is 6.21 Å². The molecule has 154 valence electrons. The minimum Gasteiger partial charge on any atom is -0.378 e. The minimum atomic E-state index is 0.393.